The predicted molar refractivity (Wildman–Crippen MR) is 80.0 cm³/mol. The molecule has 0 saturated heterocycles. The van der Waals surface area contributed by atoms with Gasteiger partial charge in [0.05, 0.1) is 0 Å². The van der Waals surface area contributed by atoms with Gasteiger partial charge in [0.15, 0.2) is 0 Å². The fourth-order valence-corrected chi connectivity index (χ4v) is 3.36. The Labute approximate surface area is 113 Å². The third-order valence-corrected chi connectivity index (χ3v) is 4.23. The second kappa shape index (κ2) is 5.47. The second-order valence-corrected chi connectivity index (χ2v) is 7.35. The first-order valence-corrected chi connectivity index (χ1v) is 7.54. The lowest BCUT2D eigenvalue weighted by Crippen LogP contribution is -2.15. The van der Waals surface area contributed by atoms with Crippen molar-refractivity contribution < 1.29 is 0 Å². The molecule has 0 aliphatic heterocycles. The summed E-state index contributed by atoms with van der Waals surface area (Å²) in [5.41, 5.74) is 3.48. The van der Waals surface area contributed by atoms with Crippen molar-refractivity contribution in [3.05, 3.63) is 35.4 Å². The molecule has 0 heterocycles. The van der Waals surface area contributed by atoms with Crippen molar-refractivity contribution in [1.29, 1.82) is 0 Å². The molecule has 1 aliphatic rings. The van der Waals surface area contributed by atoms with Crippen molar-refractivity contribution in [2.24, 2.45) is 11.3 Å². The minimum Gasteiger partial charge on any atom is -0.0619 e. The SMILES string of the molecule is CC1CCCCC1c1cccc(CC(C)(C)C)c1. The van der Waals surface area contributed by atoms with Gasteiger partial charge >= 0.3 is 0 Å². The molecule has 0 nitrogen and oxygen atoms in total. The summed E-state index contributed by atoms with van der Waals surface area (Å²) in [7, 11) is 0. The maximum absolute atomic E-state index is 2.47. The lowest BCUT2D eigenvalue weighted by Gasteiger charge is -2.29. The first kappa shape index (κ1) is 13.6. The average molecular weight is 244 g/mol. The normalized spacial score (nSPS) is 25.1. The zero-order valence-corrected chi connectivity index (χ0v) is 12.5. The molecule has 0 amide bonds. The topological polar surface area (TPSA) is 0 Å². The first-order chi connectivity index (χ1) is 8.46. The largest absolute Gasteiger partial charge is 0.0619 e. The summed E-state index contributed by atoms with van der Waals surface area (Å²) in [6.07, 6.45) is 6.83. The summed E-state index contributed by atoms with van der Waals surface area (Å²) in [6.45, 7) is 9.40. The minimum atomic E-state index is 0.386. The average Bonchev–Trinajstić information content (AvgIpc) is 2.27. The van der Waals surface area contributed by atoms with Gasteiger partial charge in [-0.3, -0.25) is 0 Å². The van der Waals surface area contributed by atoms with Crippen LogP contribution >= 0.6 is 0 Å². The van der Waals surface area contributed by atoms with Crippen molar-refractivity contribution >= 4 is 0 Å². The van der Waals surface area contributed by atoms with E-state index in [0.717, 1.165) is 11.8 Å². The predicted octanol–water partition coefficient (Wildman–Crippen LogP) is 5.57. The van der Waals surface area contributed by atoms with Crippen molar-refractivity contribution in [3.8, 4) is 0 Å². The van der Waals surface area contributed by atoms with Gasteiger partial charge in [-0.15, -0.1) is 0 Å². The van der Waals surface area contributed by atoms with Crippen LogP contribution in [0.4, 0.5) is 0 Å². The van der Waals surface area contributed by atoms with E-state index in [9.17, 15) is 0 Å². The van der Waals surface area contributed by atoms with Crippen LogP contribution < -0.4 is 0 Å². The fraction of sp³-hybridized carbons (Fsp3) is 0.667. The molecule has 18 heavy (non-hydrogen) atoms. The molecular weight excluding hydrogens is 216 g/mol. The van der Waals surface area contributed by atoms with Crippen molar-refractivity contribution in [2.45, 2.75) is 65.7 Å². The van der Waals surface area contributed by atoms with Gasteiger partial charge < -0.3 is 0 Å². The molecule has 100 valence electrons. The smallest absolute Gasteiger partial charge is 0.0136 e. The zero-order valence-electron chi connectivity index (χ0n) is 12.5. The van der Waals surface area contributed by atoms with Crippen molar-refractivity contribution in [1.82, 2.24) is 0 Å². The Hall–Kier alpha value is -0.780. The van der Waals surface area contributed by atoms with Crippen molar-refractivity contribution in [2.75, 3.05) is 0 Å². The minimum absolute atomic E-state index is 0.386. The van der Waals surface area contributed by atoms with E-state index in [0.29, 0.717) is 5.41 Å². The van der Waals surface area contributed by atoms with Gasteiger partial charge in [0.1, 0.15) is 0 Å². The molecule has 0 bridgehead atoms. The molecule has 1 saturated carbocycles. The van der Waals surface area contributed by atoms with Crippen LogP contribution in [0.1, 0.15) is 70.4 Å². The molecule has 2 rings (SSSR count). The molecule has 0 aromatic heterocycles. The lowest BCUT2D eigenvalue weighted by atomic mass is 9.76. The highest BCUT2D eigenvalue weighted by molar-refractivity contribution is 5.28. The van der Waals surface area contributed by atoms with E-state index >= 15 is 0 Å². The van der Waals surface area contributed by atoms with Gasteiger partial charge in [-0.05, 0) is 41.2 Å². The summed E-state index contributed by atoms with van der Waals surface area (Å²) < 4.78 is 0. The first-order valence-electron chi connectivity index (χ1n) is 7.54. The van der Waals surface area contributed by atoms with Crippen LogP contribution in [0.15, 0.2) is 24.3 Å². The Morgan fingerprint density at radius 3 is 2.50 bits per heavy atom. The summed E-state index contributed by atoms with van der Waals surface area (Å²) in [5.74, 6) is 1.67. The summed E-state index contributed by atoms with van der Waals surface area (Å²) in [6, 6.07) is 9.37. The van der Waals surface area contributed by atoms with E-state index in [2.05, 4.69) is 52.0 Å². The van der Waals surface area contributed by atoms with E-state index in [1.54, 1.807) is 5.56 Å². The summed E-state index contributed by atoms with van der Waals surface area (Å²) >= 11 is 0. The van der Waals surface area contributed by atoms with Gasteiger partial charge in [0.2, 0.25) is 0 Å². The lowest BCUT2D eigenvalue weighted by molar-refractivity contribution is 0.330. The van der Waals surface area contributed by atoms with Crippen LogP contribution in [0.25, 0.3) is 0 Å². The van der Waals surface area contributed by atoms with Crippen LogP contribution in [-0.4, -0.2) is 0 Å². The van der Waals surface area contributed by atoms with Gasteiger partial charge in [0, 0.05) is 0 Å². The van der Waals surface area contributed by atoms with Gasteiger partial charge in [0.25, 0.3) is 0 Å². The van der Waals surface area contributed by atoms with Crippen LogP contribution in [0.2, 0.25) is 0 Å². The molecule has 0 heteroatoms. The number of rotatable bonds is 2. The molecule has 1 aromatic rings. The molecule has 1 fully saturated rings. The highest BCUT2D eigenvalue weighted by Gasteiger charge is 2.23. The molecular formula is C18H28. The molecule has 0 radical (unpaired) electrons. The number of hydrogen-bond acceptors (Lipinski definition) is 0. The molecule has 2 atom stereocenters. The second-order valence-electron chi connectivity index (χ2n) is 7.35. The van der Waals surface area contributed by atoms with E-state index in [1.165, 1.54) is 37.7 Å². The maximum atomic E-state index is 2.47. The molecule has 0 N–H and O–H groups in total. The van der Waals surface area contributed by atoms with Crippen LogP contribution in [-0.2, 0) is 6.42 Å². The van der Waals surface area contributed by atoms with E-state index < -0.39 is 0 Å². The monoisotopic (exact) mass is 244 g/mol. The Kier molecular flexibility index (Phi) is 4.14. The third-order valence-electron chi connectivity index (χ3n) is 4.23. The number of benzene rings is 1. The summed E-state index contributed by atoms with van der Waals surface area (Å²) in [5, 5.41) is 0. The molecule has 2 unspecified atom stereocenters. The summed E-state index contributed by atoms with van der Waals surface area (Å²) in [4.78, 5) is 0. The Morgan fingerprint density at radius 1 is 1.11 bits per heavy atom. The Balaban J connectivity index is 2.16. The fourth-order valence-electron chi connectivity index (χ4n) is 3.36. The molecule has 0 spiro atoms. The quantitative estimate of drug-likeness (QED) is 0.638. The van der Waals surface area contributed by atoms with Gasteiger partial charge in [-0.25, -0.2) is 0 Å². The van der Waals surface area contributed by atoms with E-state index in [1.807, 2.05) is 0 Å². The standard InChI is InChI=1S/C18H28/c1-14-8-5-6-11-17(14)16-10-7-9-15(12-16)13-18(2,3)4/h7,9-10,12,14,17H,5-6,8,11,13H2,1-4H3. The van der Waals surface area contributed by atoms with Gasteiger partial charge in [-0.2, -0.15) is 0 Å². The number of hydrogen-bond donors (Lipinski definition) is 0. The van der Waals surface area contributed by atoms with E-state index in [4.69, 9.17) is 0 Å². The highest BCUT2D eigenvalue weighted by atomic mass is 14.3. The molecule has 1 aliphatic carbocycles. The van der Waals surface area contributed by atoms with Crippen LogP contribution in [0.3, 0.4) is 0 Å². The van der Waals surface area contributed by atoms with Crippen LogP contribution in [0, 0.1) is 11.3 Å². The van der Waals surface area contributed by atoms with Gasteiger partial charge in [-0.1, -0.05) is 71.2 Å². The molecule has 1 aromatic carbocycles. The highest BCUT2D eigenvalue weighted by Crippen LogP contribution is 2.37. The van der Waals surface area contributed by atoms with E-state index in [-0.39, 0.29) is 0 Å². The zero-order chi connectivity index (χ0) is 13.2. The van der Waals surface area contributed by atoms with Crippen molar-refractivity contribution in [3.63, 3.8) is 0 Å². The Morgan fingerprint density at radius 2 is 1.83 bits per heavy atom. The third kappa shape index (κ3) is 3.60. The Bertz CT molecular complexity index is 383. The van der Waals surface area contributed by atoms with Crippen LogP contribution in [0.5, 0.6) is 0 Å². The maximum Gasteiger partial charge on any atom is -0.0136 e.